The Morgan fingerprint density at radius 1 is 1.12 bits per heavy atom. The number of pyridine rings is 1. The van der Waals surface area contributed by atoms with Gasteiger partial charge in [-0.1, -0.05) is 17.7 Å². The number of methoxy groups -OCH3 is 1. The normalized spacial score (nSPS) is 14.6. The highest BCUT2D eigenvalue weighted by Crippen LogP contribution is 2.33. The van der Waals surface area contributed by atoms with E-state index in [0.717, 1.165) is 55.1 Å². The van der Waals surface area contributed by atoms with Crippen molar-refractivity contribution in [1.82, 2.24) is 35.1 Å². The van der Waals surface area contributed by atoms with Crippen molar-refractivity contribution in [2.75, 3.05) is 38.6 Å². The van der Waals surface area contributed by atoms with Crippen LogP contribution in [0, 0.1) is 0 Å². The highest BCUT2D eigenvalue weighted by Gasteiger charge is 2.14. The molecular weight excluding hydrogens is 428 g/mol. The SMILES string of the molecule is COc1c(Cl)ncnc1-c1ccc2nc(Nc3cc(CN4CCNCC4)ccn3)[nH]c2c1. The summed E-state index contributed by atoms with van der Waals surface area (Å²) in [5, 5.41) is 6.94. The van der Waals surface area contributed by atoms with E-state index in [2.05, 4.69) is 52.6 Å². The number of nitrogens with zero attached hydrogens (tertiary/aromatic N) is 5. The maximum Gasteiger partial charge on any atom is 0.206 e. The first-order chi connectivity index (χ1) is 15.7. The first kappa shape index (κ1) is 20.6. The Hall–Kier alpha value is -3.27. The van der Waals surface area contributed by atoms with Gasteiger partial charge in [-0.3, -0.25) is 4.90 Å². The zero-order chi connectivity index (χ0) is 21.9. The van der Waals surface area contributed by atoms with Crippen LogP contribution in [0.3, 0.4) is 0 Å². The molecule has 1 aliphatic rings. The van der Waals surface area contributed by atoms with Crippen LogP contribution in [0.2, 0.25) is 5.15 Å². The molecule has 1 saturated heterocycles. The summed E-state index contributed by atoms with van der Waals surface area (Å²) in [4.78, 5) is 23.1. The molecule has 1 fully saturated rings. The van der Waals surface area contributed by atoms with Gasteiger partial charge in [-0.25, -0.2) is 19.9 Å². The van der Waals surface area contributed by atoms with Gasteiger partial charge in [0.25, 0.3) is 0 Å². The fourth-order valence-electron chi connectivity index (χ4n) is 3.84. The highest BCUT2D eigenvalue weighted by molar-refractivity contribution is 6.31. The van der Waals surface area contributed by atoms with Gasteiger partial charge in [0.05, 0.1) is 18.1 Å². The summed E-state index contributed by atoms with van der Waals surface area (Å²) in [5.74, 6) is 1.81. The Kier molecular flexibility index (Phi) is 5.85. The third-order valence-corrected chi connectivity index (χ3v) is 5.68. The molecular formula is C22H23ClN8O. The van der Waals surface area contributed by atoms with Gasteiger partial charge < -0.3 is 20.4 Å². The summed E-state index contributed by atoms with van der Waals surface area (Å²) in [7, 11) is 1.55. The third-order valence-electron chi connectivity index (χ3n) is 5.41. The lowest BCUT2D eigenvalue weighted by atomic mass is 10.1. The number of aromatic nitrogens is 5. The maximum absolute atomic E-state index is 6.15. The van der Waals surface area contributed by atoms with E-state index in [4.69, 9.17) is 16.3 Å². The van der Waals surface area contributed by atoms with E-state index in [-0.39, 0.29) is 5.15 Å². The molecule has 0 unspecified atom stereocenters. The van der Waals surface area contributed by atoms with Crippen LogP contribution in [0.5, 0.6) is 5.75 Å². The number of H-pyrrole nitrogens is 1. The monoisotopic (exact) mass is 450 g/mol. The topological polar surface area (TPSA) is 104 Å². The van der Waals surface area contributed by atoms with Crippen LogP contribution in [0.25, 0.3) is 22.3 Å². The number of imidazole rings is 1. The largest absolute Gasteiger partial charge is 0.491 e. The number of halogens is 1. The summed E-state index contributed by atoms with van der Waals surface area (Å²) < 4.78 is 5.38. The number of hydrogen-bond acceptors (Lipinski definition) is 8. The van der Waals surface area contributed by atoms with Crippen LogP contribution in [0.15, 0.2) is 42.9 Å². The lowest BCUT2D eigenvalue weighted by molar-refractivity contribution is 0.233. The minimum atomic E-state index is 0.274. The smallest absolute Gasteiger partial charge is 0.206 e. The molecule has 0 atom stereocenters. The molecule has 0 aliphatic carbocycles. The number of aromatic amines is 1. The Balaban J connectivity index is 1.37. The predicted octanol–water partition coefficient (Wildman–Crippen LogP) is 3.23. The Morgan fingerprint density at radius 2 is 2.00 bits per heavy atom. The number of hydrogen-bond donors (Lipinski definition) is 3. The van der Waals surface area contributed by atoms with Gasteiger partial charge in [0.15, 0.2) is 10.9 Å². The van der Waals surface area contributed by atoms with Gasteiger partial charge in [-0.05, 0) is 29.8 Å². The number of piperazine rings is 1. The second kappa shape index (κ2) is 9.07. The van der Waals surface area contributed by atoms with Gasteiger partial charge >= 0.3 is 0 Å². The lowest BCUT2D eigenvalue weighted by Crippen LogP contribution is -2.42. The zero-order valence-corrected chi connectivity index (χ0v) is 18.4. The van der Waals surface area contributed by atoms with Crippen LogP contribution in [-0.4, -0.2) is 63.1 Å². The Labute approximate surface area is 190 Å². The minimum Gasteiger partial charge on any atom is -0.491 e. The van der Waals surface area contributed by atoms with E-state index in [1.807, 2.05) is 24.4 Å². The highest BCUT2D eigenvalue weighted by atomic mass is 35.5. The van der Waals surface area contributed by atoms with Crippen molar-refractivity contribution in [3.8, 4) is 17.0 Å². The average Bonchev–Trinajstić information content (AvgIpc) is 3.21. The Bertz CT molecular complexity index is 1240. The molecule has 3 aromatic heterocycles. The number of fused-ring (bicyclic) bond motifs is 1. The van der Waals surface area contributed by atoms with Gasteiger partial charge in [0.1, 0.15) is 17.8 Å². The number of nitrogens with one attached hydrogen (secondary N) is 3. The lowest BCUT2D eigenvalue weighted by Gasteiger charge is -2.27. The quantitative estimate of drug-likeness (QED) is 0.385. The number of rotatable bonds is 6. The molecule has 9 nitrogen and oxygen atoms in total. The van der Waals surface area contributed by atoms with Crippen LogP contribution < -0.4 is 15.4 Å². The van der Waals surface area contributed by atoms with E-state index in [1.165, 1.54) is 11.9 Å². The second-order valence-corrected chi connectivity index (χ2v) is 7.92. The van der Waals surface area contributed by atoms with Crippen molar-refractivity contribution in [1.29, 1.82) is 0 Å². The van der Waals surface area contributed by atoms with Crippen LogP contribution in [-0.2, 0) is 6.54 Å². The molecule has 5 rings (SSSR count). The molecule has 1 aliphatic heterocycles. The Morgan fingerprint density at radius 3 is 2.84 bits per heavy atom. The van der Waals surface area contributed by atoms with Crippen molar-refractivity contribution in [3.63, 3.8) is 0 Å². The van der Waals surface area contributed by atoms with E-state index < -0.39 is 0 Å². The molecule has 1 aromatic carbocycles. The molecule has 0 radical (unpaired) electrons. The summed E-state index contributed by atoms with van der Waals surface area (Å²) >= 11 is 6.15. The van der Waals surface area contributed by atoms with Crippen LogP contribution >= 0.6 is 11.6 Å². The predicted molar refractivity (Wildman–Crippen MR) is 124 cm³/mol. The first-order valence-corrected chi connectivity index (χ1v) is 10.8. The van der Waals surface area contributed by atoms with Crippen molar-refractivity contribution < 1.29 is 4.74 Å². The summed E-state index contributed by atoms with van der Waals surface area (Å²) in [6.07, 6.45) is 3.25. The van der Waals surface area contributed by atoms with Crippen molar-refractivity contribution >= 4 is 34.4 Å². The van der Waals surface area contributed by atoms with Gasteiger partial charge in [-0.2, -0.15) is 0 Å². The van der Waals surface area contributed by atoms with E-state index >= 15 is 0 Å². The summed E-state index contributed by atoms with van der Waals surface area (Å²) in [6, 6.07) is 9.94. The minimum absolute atomic E-state index is 0.274. The number of benzene rings is 1. The molecule has 10 heteroatoms. The van der Waals surface area contributed by atoms with Gasteiger partial charge in [0, 0.05) is 44.5 Å². The number of anilines is 2. The second-order valence-electron chi connectivity index (χ2n) is 7.56. The molecule has 0 spiro atoms. The first-order valence-electron chi connectivity index (χ1n) is 10.4. The molecule has 4 aromatic rings. The molecule has 164 valence electrons. The zero-order valence-electron chi connectivity index (χ0n) is 17.6. The molecule has 4 heterocycles. The summed E-state index contributed by atoms with van der Waals surface area (Å²) in [5.41, 5.74) is 4.38. The molecule has 0 bridgehead atoms. The molecule has 32 heavy (non-hydrogen) atoms. The average molecular weight is 451 g/mol. The third kappa shape index (κ3) is 4.36. The fraction of sp³-hybridized carbons (Fsp3) is 0.273. The molecule has 0 saturated carbocycles. The van der Waals surface area contributed by atoms with Crippen molar-refractivity contribution in [3.05, 3.63) is 53.6 Å². The van der Waals surface area contributed by atoms with Gasteiger partial charge in [-0.15, -0.1) is 0 Å². The maximum atomic E-state index is 6.15. The standard InChI is InChI=1S/C22H23ClN8O/c1-32-20-19(26-13-27-21(20)23)15-2-3-16-17(11-15)29-22(28-16)30-18-10-14(4-5-25-18)12-31-8-6-24-7-9-31/h2-5,10-11,13,24H,6-9,12H2,1H3,(H2,25,28,29,30). The fourth-order valence-corrected chi connectivity index (χ4v) is 4.05. The van der Waals surface area contributed by atoms with E-state index in [9.17, 15) is 0 Å². The summed E-state index contributed by atoms with van der Waals surface area (Å²) in [6.45, 7) is 5.08. The van der Waals surface area contributed by atoms with Crippen molar-refractivity contribution in [2.24, 2.45) is 0 Å². The number of ether oxygens (including phenoxy) is 1. The van der Waals surface area contributed by atoms with Crippen LogP contribution in [0.4, 0.5) is 11.8 Å². The van der Waals surface area contributed by atoms with E-state index in [1.54, 1.807) is 7.11 Å². The molecule has 3 N–H and O–H groups in total. The molecule has 0 amide bonds. The van der Waals surface area contributed by atoms with Gasteiger partial charge in [0.2, 0.25) is 5.95 Å². The van der Waals surface area contributed by atoms with Crippen molar-refractivity contribution in [2.45, 2.75) is 6.54 Å². The van der Waals surface area contributed by atoms with E-state index in [0.29, 0.717) is 17.4 Å². The van der Waals surface area contributed by atoms with Crippen LogP contribution in [0.1, 0.15) is 5.56 Å².